The number of hydrogen-bond donors (Lipinski definition) is 4. The molecule has 0 aliphatic rings. The fraction of sp³-hybridized carbons (Fsp3) is 0.250. The molecule has 0 unspecified atom stereocenters. The maximum atomic E-state index is 13.2. The molecule has 0 radical (unpaired) electrons. The van der Waals surface area contributed by atoms with E-state index in [9.17, 15) is 32.7 Å². The monoisotopic (exact) mass is 423 g/mol. The summed E-state index contributed by atoms with van der Waals surface area (Å²) < 4.78 is 39.6. The lowest BCUT2D eigenvalue weighted by Crippen LogP contribution is -2.50. The van der Waals surface area contributed by atoms with Gasteiger partial charge in [0.15, 0.2) is 0 Å². The van der Waals surface area contributed by atoms with E-state index < -0.39 is 47.8 Å². The number of carboxylic acids is 1. The number of aryl methyl sites for hydroxylation is 1. The largest absolute Gasteiger partial charge is 0.480 e. The Hall–Kier alpha value is -3.56. The Morgan fingerprint density at radius 2 is 1.67 bits per heavy atom. The number of benzene rings is 2. The van der Waals surface area contributed by atoms with Gasteiger partial charge in [0, 0.05) is 6.54 Å². The van der Waals surface area contributed by atoms with Crippen LogP contribution in [0.1, 0.15) is 27.0 Å². The number of carbonyl (C=O) groups is 3. The third-order valence-corrected chi connectivity index (χ3v) is 4.17. The van der Waals surface area contributed by atoms with Gasteiger partial charge in [0.2, 0.25) is 0 Å². The predicted octanol–water partition coefficient (Wildman–Crippen LogP) is 2.70. The first-order valence-corrected chi connectivity index (χ1v) is 8.85. The van der Waals surface area contributed by atoms with E-state index in [2.05, 4.69) is 10.6 Å². The smallest absolute Gasteiger partial charge is 0.417 e. The first kappa shape index (κ1) is 22.7. The van der Waals surface area contributed by atoms with Crippen LogP contribution >= 0.6 is 0 Å². The van der Waals surface area contributed by atoms with Gasteiger partial charge in [0.05, 0.1) is 17.7 Å². The van der Waals surface area contributed by atoms with Crippen LogP contribution in [0.3, 0.4) is 0 Å². The summed E-state index contributed by atoms with van der Waals surface area (Å²) in [6.07, 6.45) is -4.78. The van der Waals surface area contributed by atoms with Crippen molar-refractivity contribution in [2.24, 2.45) is 0 Å². The third-order valence-electron chi connectivity index (χ3n) is 4.17. The Morgan fingerprint density at radius 1 is 1.00 bits per heavy atom. The number of urea groups is 1. The van der Waals surface area contributed by atoms with Crippen LogP contribution in [0, 0.1) is 6.92 Å². The highest BCUT2D eigenvalue weighted by molar-refractivity contribution is 5.99. The lowest BCUT2D eigenvalue weighted by atomic mass is 10.0. The summed E-state index contributed by atoms with van der Waals surface area (Å²) in [5, 5.41) is 16.1. The highest BCUT2D eigenvalue weighted by Gasteiger charge is 2.36. The molecular weight excluding hydrogens is 403 g/mol. The zero-order valence-electron chi connectivity index (χ0n) is 15.9. The second kappa shape index (κ2) is 9.77. The third kappa shape index (κ3) is 6.23. The van der Waals surface area contributed by atoms with Crippen molar-refractivity contribution in [3.8, 4) is 0 Å². The summed E-state index contributed by atoms with van der Waals surface area (Å²) in [4.78, 5) is 35.7. The van der Waals surface area contributed by atoms with E-state index in [1.807, 2.05) is 11.4 Å². The molecule has 30 heavy (non-hydrogen) atoms. The second-order valence-electron chi connectivity index (χ2n) is 6.41. The minimum absolute atomic E-state index is 0.0417. The number of hydrogen-bond acceptors (Lipinski definition) is 3. The van der Waals surface area contributed by atoms with Gasteiger partial charge in [-0.05, 0) is 24.1 Å². The maximum absolute atomic E-state index is 13.2. The van der Waals surface area contributed by atoms with Crippen molar-refractivity contribution in [1.29, 1.82) is 0 Å². The van der Waals surface area contributed by atoms with Crippen molar-refractivity contribution in [3.63, 3.8) is 0 Å². The minimum Gasteiger partial charge on any atom is -0.480 e. The van der Waals surface area contributed by atoms with Crippen molar-refractivity contribution in [2.75, 3.05) is 6.54 Å². The number of carbonyl (C=O) groups excluding carboxylic acids is 2. The molecular formula is C20H20F3N3O4. The molecule has 10 heteroatoms. The van der Waals surface area contributed by atoms with E-state index in [4.69, 9.17) is 0 Å². The number of carboxylic acid groups (broad SMARTS) is 1. The fourth-order valence-corrected chi connectivity index (χ4v) is 2.67. The molecule has 0 saturated heterocycles. The number of amides is 3. The Bertz CT molecular complexity index is 917. The van der Waals surface area contributed by atoms with Gasteiger partial charge in [-0.1, -0.05) is 42.5 Å². The van der Waals surface area contributed by atoms with E-state index in [0.717, 1.165) is 17.7 Å². The van der Waals surface area contributed by atoms with Crippen LogP contribution in [-0.2, 0) is 17.5 Å². The van der Waals surface area contributed by atoms with Crippen LogP contribution in [0.15, 0.2) is 48.5 Å². The Labute approximate surface area is 170 Å². The summed E-state index contributed by atoms with van der Waals surface area (Å²) in [6.45, 7) is 0.985. The summed E-state index contributed by atoms with van der Waals surface area (Å²) in [6, 6.07) is 9.83. The Balaban J connectivity index is 2.02. The van der Waals surface area contributed by atoms with Gasteiger partial charge < -0.3 is 21.1 Å². The summed E-state index contributed by atoms with van der Waals surface area (Å²) >= 11 is 0. The van der Waals surface area contributed by atoms with Crippen molar-refractivity contribution in [2.45, 2.75) is 25.7 Å². The van der Waals surface area contributed by atoms with Crippen LogP contribution in [-0.4, -0.2) is 35.6 Å². The molecule has 0 saturated carbocycles. The lowest BCUT2D eigenvalue weighted by Gasteiger charge is -2.19. The van der Waals surface area contributed by atoms with Gasteiger partial charge >= 0.3 is 18.2 Å². The average molecular weight is 423 g/mol. The zero-order chi connectivity index (χ0) is 22.3. The van der Waals surface area contributed by atoms with Crippen molar-refractivity contribution < 1.29 is 32.7 Å². The number of nitrogens with one attached hydrogen (secondary N) is 3. The summed E-state index contributed by atoms with van der Waals surface area (Å²) in [5.74, 6) is -2.70. The number of alkyl halides is 3. The molecule has 4 N–H and O–H groups in total. The maximum Gasteiger partial charge on any atom is 0.417 e. The van der Waals surface area contributed by atoms with Gasteiger partial charge in [0.1, 0.15) is 6.04 Å². The summed E-state index contributed by atoms with van der Waals surface area (Å²) in [7, 11) is 0. The number of halogens is 3. The minimum atomic E-state index is -4.78. The highest BCUT2D eigenvalue weighted by atomic mass is 19.4. The van der Waals surface area contributed by atoms with E-state index in [0.29, 0.717) is 0 Å². The van der Waals surface area contributed by atoms with Crippen molar-refractivity contribution in [3.05, 3.63) is 70.8 Å². The molecule has 3 amide bonds. The van der Waals surface area contributed by atoms with Crippen LogP contribution in [0.2, 0.25) is 0 Å². The average Bonchev–Trinajstić information content (AvgIpc) is 2.69. The lowest BCUT2D eigenvalue weighted by molar-refractivity contribution is -0.139. The number of aliphatic carboxylic acids is 1. The standard InChI is InChI=1S/C20H20F3N3O4/c1-12-6-5-9-14(20(21,22)23)16(12)17(27)26-15(18(28)29)11-25-19(30)24-10-13-7-3-2-4-8-13/h2-9,15H,10-11H2,1H3,(H,26,27)(H,28,29)(H2,24,25,30)/t15-/m0/s1. The van der Waals surface area contributed by atoms with Gasteiger partial charge in [-0.2, -0.15) is 13.2 Å². The first-order valence-electron chi connectivity index (χ1n) is 8.85. The molecule has 1 atom stereocenters. The first-order chi connectivity index (χ1) is 14.1. The van der Waals surface area contributed by atoms with Gasteiger partial charge in [0.25, 0.3) is 5.91 Å². The molecule has 0 heterocycles. The van der Waals surface area contributed by atoms with E-state index in [1.165, 1.54) is 13.0 Å². The van der Waals surface area contributed by atoms with Gasteiger partial charge in [-0.25, -0.2) is 9.59 Å². The normalized spacial score (nSPS) is 12.0. The molecule has 0 aliphatic carbocycles. The van der Waals surface area contributed by atoms with Gasteiger partial charge in [-0.15, -0.1) is 0 Å². The Morgan fingerprint density at radius 3 is 2.27 bits per heavy atom. The van der Waals surface area contributed by atoms with Crippen molar-refractivity contribution >= 4 is 17.9 Å². The quantitative estimate of drug-likeness (QED) is 0.549. The molecule has 2 rings (SSSR count). The molecule has 2 aromatic rings. The molecule has 160 valence electrons. The zero-order valence-corrected chi connectivity index (χ0v) is 15.9. The fourth-order valence-electron chi connectivity index (χ4n) is 2.67. The Kier molecular flexibility index (Phi) is 7.40. The molecule has 0 aliphatic heterocycles. The van der Waals surface area contributed by atoms with Crippen molar-refractivity contribution in [1.82, 2.24) is 16.0 Å². The second-order valence-corrected chi connectivity index (χ2v) is 6.41. The molecule has 2 aromatic carbocycles. The molecule has 0 bridgehead atoms. The highest BCUT2D eigenvalue weighted by Crippen LogP contribution is 2.33. The van der Waals surface area contributed by atoms with Crippen LogP contribution in [0.4, 0.5) is 18.0 Å². The molecule has 7 nitrogen and oxygen atoms in total. The molecule has 0 fully saturated rings. The SMILES string of the molecule is Cc1cccc(C(F)(F)F)c1C(=O)N[C@@H](CNC(=O)NCc1ccccc1)C(=O)O. The van der Waals surface area contributed by atoms with Crippen LogP contribution < -0.4 is 16.0 Å². The van der Waals surface area contributed by atoms with E-state index >= 15 is 0 Å². The molecule has 0 aromatic heterocycles. The topological polar surface area (TPSA) is 108 Å². The van der Waals surface area contributed by atoms with E-state index in [1.54, 1.807) is 24.3 Å². The number of rotatable bonds is 7. The predicted molar refractivity (Wildman–Crippen MR) is 102 cm³/mol. The van der Waals surface area contributed by atoms with Crippen LogP contribution in [0.25, 0.3) is 0 Å². The molecule has 0 spiro atoms. The van der Waals surface area contributed by atoms with E-state index in [-0.39, 0.29) is 12.1 Å². The van der Waals surface area contributed by atoms with Crippen LogP contribution in [0.5, 0.6) is 0 Å². The summed E-state index contributed by atoms with van der Waals surface area (Å²) in [5.41, 5.74) is -0.975. The van der Waals surface area contributed by atoms with Gasteiger partial charge in [-0.3, -0.25) is 4.79 Å².